The lowest BCUT2D eigenvalue weighted by molar-refractivity contribution is -0.115. The number of nitrogens with one attached hydrogen (secondary N) is 1. The topological polar surface area (TPSA) is 67.6 Å². The van der Waals surface area contributed by atoms with Gasteiger partial charge in [0.2, 0.25) is 5.91 Å². The molecule has 0 unspecified atom stereocenters. The Balaban J connectivity index is 0.00000225. The monoisotopic (exact) mass is 381 g/mol. The zero-order chi connectivity index (χ0) is 17.1. The van der Waals surface area contributed by atoms with Crippen LogP contribution in [-0.4, -0.2) is 26.1 Å². The Morgan fingerprint density at radius 1 is 1.36 bits per heavy atom. The molecule has 3 N–H and O–H groups in total. The lowest BCUT2D eigenvalue weighted by Crippen LogP contribution is -2.37. The first-order valence-corrected chi connectivity index (χ1v) is 8.22. The molecule has 25 heavy (non-hydrogen) atoms. The molecule has 0 radical (unpaired) electrons. The Morgan fingerprint density at radius 2 is 2.16 bits per heavy atom. The Morgan fingerprint density at radius 3 is 2.88 bits per heavy atom. The van der Waals surface area contributed by atoms with Crippen molar-refractivity contribution in [1.82, 2.24) is 0 Å². The van der Waals surface area contributed by atoms with Crippen LogP contribution < -0.4 is 20.7 Å². The lowest BCUT2D eigenvalue weighted by Gasteiger charge is -2.31. The fraction of sp³-hybridized carbons (Fsp3) is 0.278. The molecule has 134 valence electrons. The number of anilines is 3. The molecule has 0 bridgehead atoms. The van der Waals surface area contributed by atoms with E-state index in [-0.39, 0.29) is 24.9 Å². The van der Waals surface area contributed by atoms with Crippen molar-refractivity contribution in [3.63, 3.8) is 0 Å². The highest BCUT2D eigenvalue weighted by Gasteiger charge is 2.20. The molecule has 2 aromatic rings. The Bertz CT molecular complexity index is 768. The Labute approximate surface area is 158 Å². The summed E-state index contributed by atoms with van der Waals surface area (Å²) < 4.78 is 5.11. The number of nitrogens with two attached hydrogens (primary N) is 1. The van der Waals surface area contributed by atoms with Gasteiger partial charge in [-0.1, -0.05) is 17.7 Å². The Kier molecular flexibility index (Phi) is 6.39. The second kappa shape index (κ2) is 8.32. The van der Waals surface area contributed by atoms with Crippen LogP contribution in [0.5, 0.6) is 5.75 Å². The van der Waals surface area contributed by atoms with Crippen molar-refractivity contribution < 1.29 is 9.53 Å². The van der Waals surface area contributed by atoms with Gasteiger partial charge in [-0.05, 0) is 48.7 Å². The number of halogens is 2. The van der Waals surface area contributed by atoms with Crippen LogP contribution in [-0.2, 0) is 11.2 Å². The minimum absolute atomic E-state index is 0. The summed E-state index contributed by atoms with van der Waals surface area (Å²) in [6.45, 7) is 1.12. The molecule has 1 aliphatic rings. The highest BCUT2D eigenvalue weighted by atomic mass is 35.5. The van der Waals surface area contributed by atoms with Crippen LogP contribution in [0.25, 0.3) is 0 Å². The maximum Gasteiger partial charge on any atom is 0.243 e. The van der Waals surface area contributed by atoms with Gasteiger partial charge < -0.3 is 20.7 Å². The van der Waals surface area contributed by atoms with E-state index >= 15 is 0 Å². The number of fused-ring (bicyclic) bond motifs is 1. The number of ether oxygens (including phenoxy) is 1. The molecule has 0 saturated carbocycles. The van der Waals surface area contributed by atoms with Crippen LogP contribution in [0.4, 0.5) is 17.1 Å². The van der Waals surface area contributed by atoms with Crippen molar-refractivity contribution in [2.24, 2.45) is 0 Å². The van der Waals surface area contributed by atoms with Crippen LogP contribution in [0.15, 0.2) is 36.4 Å². The molecule has 1 heterocycles. The number of benzene rings is 2. The number of methoxy groups -OCH3 is 1. The van der Waals surface area contributed by atoms with Crippen molar-refractivity contribution in [2.75, 3.05) is 36.1 Å². The predicted molar refractivity (Wildman–Crippen MR) is 105 cm³/mol. The van der Waals surface area contributed by atoms with Crippen LogP contribution in [0.1, 0.15) is 12.0 Å². The van der Waals surface area contributed by atoms with Crippen molar-refractivity contribution in [3.8, 4) is 5.75 Å². The highest BCUT2D eigenvalue weighted by Crippen LogP contribution is 2.31. The molecular formula is C18H21Cl2N3O2. The van der Waals surface area contributed by atoms with Crippen molar-refractivity contribution in [3.05, 3.63) is 47.0 Å². The summed E-state index contributed by atoms with van der Waals surface area (Å²) in [5, 5.41) is 3.34. The van der Waals surface area contributed by atoms with E-state index in [9.17, 15) is 4.79 Å². The molecule has 0 fully saturated rings. The largest absolute Gasteiger partial charge is 0.495 e. The van der Waals surface area contributed by atoms with Gasteiger partial charge in [0.05, 0.1) is 18.7 Å². The number of hydrogen-bond donors (Lipinski definition) is 2. The van der Waals surface area contributed by atoms with E-state index in [1.165, 1.54) is 0 Å². The maximum absolute atomic E-state index is 12.4. The molecule has 5 nitrogen and oxygen atoms in total. The average molecular weight is 382 g/mol. The van der Waals surface area contributed by atoms with E-state index in [1.54, 1.807) is 25.3 Å². The SMILES string of the molecule is COc1ccc(NC(=O)CN2CCCc3c(N)cccc32)cc1Cl.Cl. The number of nitrogens with zero attached hydrogens (tertiary/aromatic N) is 1. The van der Waals surface area contributed by atoms with Gasteiger partial charge in [-0.2, -0.15) is 0 Å². The standard InChI is InChI=1S/C18H20ClN3O2.ClH/c1-24-17-8-7-12(10-14(17)19)21-18(23)11-22-9-3-4-13-15(20)5-2-6-16(13)22;/h2,5-8,10H,3-4,9,11,20H2,1H3,(H,21,23);1H. The third-order valence-corrected chi connectivity index (χ3v) is 4.45. The summed E-state index contributed by atoms with van der Waals surface area (Å²) in [5.74, 6) is 0.488. The third kappa shape index (κ3) is 4.30. The van der Waals surface area contributed by atoms with E-state index in [0.717, 1.165) is 36.3 Å². The highest BCUT2D eigenvalue weighted by molar-refractivity contribution is 6.32. The summed E-state index contributed by atoms with van der Waals surface area (Å²) in [5.41, 5.74) is 9.66. The number of amides is 1. The quantitative estimate of drug-likeness (QED) is 0.791. The molecule has 3 rings (SSSR count). The van der Waals surface area contributed by atoms with Crippen LogP contribution in [0, 0.1) is 0 Å². The minimum Gasteiger partial charge on any atom is -0.495 e. The molecule has 0 aromatic heterocycles. The lowest BCUT2D eigenvalue weighted by atomic mass is 10.00. The summed E-state index contributed by atoms with van der Waals surface area (Å²) in [4.78, 5) is 14.4. The number of carbonyl (C=O) groups is 1. The van der Waals surface area contributed by atoms with Gasteiger partial charge in [0.15, 0.2) is 0 Å². The second-order valence-corrected chi connectivity index (χ2v) is 6.17. The Hall–Kier alpha value is -2.11. The van der Waals surface area contributed by atoms with Crippen molar-refractivity contribution >= 4 is 47.0 Å². The second-order valence-electron chi connectivity index (χ2n) is 5.77. The fourth-order valence-electron chi connectivity index (χ4n) is 3.01. The average Bonchev–Trinajstić information content (AvgIpc) is 2.56. The molecule has 0 aliphatic carbocycles. The van der Waals surface area contributed by atoms with E-state index in [1.807, 2.05) is 18.2 Å². The van der Waals surface area contributed by atoms with Gasteiger partial charge in [-0.25, -0.2) is 0 Å². The number of hydrogen-bond acceptors (Lipinski definition) is 4. The number of carbonyl (C=O) groups excluding carboxylic acids is 1. The molecule has 1 aliphatic heterocycles. The molecule has 1 amide bonds. The van der Waals surface area contributed by atoms with Crippen molar-refractivity contribution in [1.29, 1.82) is 0 Å². The summed E-state index contributed by atoms with van der Waals surface area (Å²) >= 11 is 6.09. The van der Waals surface area contributed by atoms with E-state index < -0.39 is 0 Å². The van der Waals surface area contributed by atoms with Crippen LogP contribution in [0.2, 0.25) is 5.02 Å². The fourth-order valence-corrected chi connectivity index (χ4v) is 3.27. The minimum atomic E-state index is -0.0912. The molecule has 7 heteroatoms. The first-order valence-electron chi connectivity index (χ1n) is 7.84. The van der Waals surface area contributed by atoms with Gasteiger partial charge in [0.1, 0.15) is 5.75 Å². The van der Waals surface area contributed by atoms with Crippen LogP contribution >= 0.6 is 24.0 Å². The first kappa shape index (κ1) is 19.2. The first-order chi connectivity index (χ1) is 11.6. The zero-order valence-electron chi connectivity index (χ0n) is 13.9. The van der Waals surface area contributed by atoms with Crippen molar-refractivity contribution in [2.45, 2.75) is 12.8 Å². The number of nitrogen functional groups attached to an aromatic ring is 1. The maximum atomic E-state index is 12.4. The molecule has 0 spiro atoms. The van der Waals surface area contributed by atoms with Crippen LogP contribution in [0.3, 0.4) is 0 Å². The van der Waals surface area contributed by atoms with E-state index in [2.05, 4.69) is 10.2 Å². The summed E-state index contributed by atoms with van der Waals surface area (Å²) in [7, 11) is 1.55. The zero-order valence-corrected chi connectivity index (χ0v) is 15.5. The van der Waals surface area contributed by atoms with Gasteiger partial charge in [0, 0.05) is 23.6 Å². The molecular weight excluding hydrogens is 361 g/mol. The molecule has 0 saturated heterocycles. The molecule has 2 aromatic carbocycles. The van der Waals surface area contributed by atoms with Gasteiger partial charge in [-0.15, -0.1) is 12.4 Å². The number of rotatable bonds is 4. The van der Waals surface area contributed by atoms with Gasteiger partial charge in [-0.3, -0.25) is 4.79 Å². The third-order valence-electron chi connectivity index (χ3n) is 4.15. The van der Waals surface area contributed by atoms with E-state index in [4.69, 9.17) is 22.1 Å². The van der Waals surface area contributed by atoms with Gasteiger partial charge >= 0.3 is 0 Å². The smallest absolute Gasteiger partial charge is 0.243 e. The molecule has 0 atom stereocenters. The summed E-state index contributed by atoms with van der Waals surface area (Å²) in [6, 6.07) is 11.0. The predicted octanol–water partition coefficient (Wildman–Crippen LogP) is 3.74. The summed E-state index contributed by atoms with van der Waals surface area (Å²) in [6.07, 6.45) is 1.94. The van der Waals surface area contributed by atoms with Gasteiger partial charge in [0.25, 0.3) is 0 Å². The normalized spacial score (nSPS) is 12.8. The van der Waals surface area contributed by atoms with E-state index in [0.29, 0.717) is 16.5 Å².